The lowest BCUT2D eigenvalue weighted by Gasteiger charge is -2.22. The molecular formula is C12H22N2S. The number of thioether (sulfide) groups is 1. The quantitative estimate of drug-likeness (QED) is 0.788. The highest BCUT2D eigenvalue weighted by Crippen LogP contribution is 2.31. The number of nitrogens with one attached hydrogen (secondary N) is 1. The molecule has 0 spiro atoms. The zero-order chi connectivity index (χ0) is 10.3. The maximum Gasteiger partial charge on any atom is 0.0210 e. The number of hydrogen-bond acceptors (Lipinski definition) is 3. The fraction of sp³-hybridized carbons (Fsp3) is 1.00. The third kappa shape index (κ3) is 2.34. The van der Waals surface area contributed by atoms with Gasteiger partial charge in [0.25, 0.3) is 0 Å². The van der Waals surface area contributed by atoms with Crippen LogP contribution < -0.4 is 5.32 Å². The van der Waals surface area contributed by atoms with E-state index in [1.165, 1.54) is 44.5 Å². The van der Waals surface area contributed by atoms with Gasteiger partial charge in [0.1, 0.15) is 0 Å². The van der Waals surface area contributed by atoms with Crippen LogP contribution in [0.25, 0.3) is 0 Å². The fourth-order valence-electron chi connectivity index (χ4n) is 2.95. The predicted molar refractivity (Wildman–Crippen MR) is 66.5 cm³/mol. The molecule has 3 fully saturated rings. The fourth-order valence-corrected chi connectivity index (χ4v) is 4.16. The SMILES string of the molecule is CC1SCCC1NC1CCN(C2CC2)C1. The molecule has 1 aliphatic carbocycles. The Balaban J connectivity index is 1.47. The predicted octanol–water partition coefficient (Wildman–Crippen LogP) is 1.71. The summed E-state index contributed by atoms with van der Waals surface area (Å²) < 4.78 is 0. The van der Waals surface area contributed by atoms with E-state index < -0.39 is 0 Å². The summed E-state index contributed by atoms with van der Waals surface area (Å²) in [6, 6.07) is 2.54. The molecule has 3 heteroatoms. The molecule has 3 aliphatic rings. The van der Waals surface area contributed by atoms with Crippen LogP contribution in [0, 0.1) is 0 Å². The van der Waals surface area contributed by atoms with Gasteiger partial charge in [0, 0.05) is 36.5 Å². The minimum atomic E-state index is 0.789. The van der Waals surface area contributed by atoms with Gasteiger partial charge in [-0.15, -0.1) is 0 Å². The Morgan fingerprint density at radius 1 is 1.20 bits per heavy atom. The smallest absolute Gasteiger partial charge is 0.0210 e. The van der Waals surface area contributed by atoms with Crippen LogP contribution in [-0.4, -0.2) is 47.1 Å². The van der Waals surface area contributed by atoms with E-state index in [1.54, 1.807) is 0 Å². The second-order valence-corrected chi connectivity index (χ2v) is 6.83. The molecule has 1 saturated carbocycles. The molecular weight excluding hydrogens is 204 g/mol. The summed E-state index contributed by atoms with van der Waals surface area (Å²) in [4.78, 5) is 2.70. The molecule has 15 heavy (non-hydrogen) atoms. The third-order valence-electron chi connectivity index (χ3n) is 4.11. The van der Waals surface area contributed by atoms with Crippen molar-refractivity contribution < 1.29 is 0 Å². The minimum Gasteiger partial charge on any atom is -0.309 e. The topological polar surface area (TPSA) is 15.3 Å². The Kier molecular flexibility index (Phi) is 2.97. The van der Waals surface area contributed by atoms with Crippen LogP contribution in [0.5, 0.6) is 0 Å². The van der Waals surface area contributed by atoms with Crippen LogP contribution in [0.1, 0.15) is 32.6 Å². The highest BCUT2D eigenvalue weighted by molar-refractivity contribution is 8.00. The van der Waals surface area contributed by atoms with Crippen molar-refractivity contribution >= 4 is 11.8 Å². The summed E-state index contributed by atoms with van der Waals surface area (Å²) in [6.07, 6.45) is 5.68. The van der Waals surface area contributed by atoms with Gasteiger partial charge in [-0.1, -0.05) is 6.92 Å². The lowest BCUT2D eigenvalue weighted by Crippen LogP contribution is -2.42. The Bertz CT molecular complexity index is 230. The van der Waals surface area contributed by atoms with Crippen molar-refractivity contribution in [1.82, 2.24) is 10.2 Å². The first kappa shape index (κ1) is 10.4. The molecule has 2 heterocycles. The van der Waals surface area contributed by atoms with Crippen molar-refractivity contribution in [2.24, 2.45) is 0 Å². The molecule has 0 aromatic heterocycles. The summed E-state index contributed by atoms with van der Waals surface area (Å²) in [5.41, 5.74) is 0. The van der Waals surface area contributed by atoms with Gasteiger partial charge in [-0.2, -0.15) is 11.8 Å². The summed E-state index contributed by atoms with van der Waals surface area (Å²) in [6.45, 7) is 5.04. The van der Waals surface area contributed by atoms with Crippen LogP contribution in [0.3, 0.4) is 0 Å². The van der Waals surface area contributed by atoms with Gasteiger partial charge in [0.15, 0.2) is 0 Å². The largest absolute Gasteiger partial charge is 0.309 e. The average Bonchev–Trinajstić information content (AvgIpc) is 2.86. The van der Waals surface area contributed by atoms with Crippen molar-refractivity contribution in [2.75, 3.05) is 18.8 Å². The van der Waals surface area contributed by atoms with Gasteiger partial charge in [-0.3, -0.25) is 4.90 Å². The highest BCUT2D eigenvalue weighted by atomic mass is 32.2. The second-order valence-electron chi connectivity index (χ2n) is 5.35. The van der Waals surface area contributed by atoms with Gasteiger partial charge in [-0.25, -0.2) is 0 Å². The zero-order valence-corrected chi connectivity index (χ0v) is 10.4. The van der Waals surface area contributed by atoms with Crippen LogP contribution in [-0.2, 0) is 0 Å². The van der Waals surface area contributed by atoms with E-state index >= 15 is 0 Å². The van der Waals surface area contributed by atoms with Crippen LogP contribution in [0.15, 0.2) is 0 Å². The Hall–Kier alpha value is 0.270. The molecule has 0 amide bonds. The van der Waals surface area contributed by atoms with Crippen molar-refractivity contribution in [3.8, 4) is 0 Å². The van der Waals surface area contributed by atoms with Crippen LogP contribution >= 0.6 is 11.8 Å². The number of rotatable bonds is 3. The minimum absolute atomic E-state index is 0.789. The van der Waals surface area contributed by atoms with E-state index in [9.17, 15) is 0 Å². The lowest BCUT2D eigenvalue weighted by atomic mass is 10.1. The van der Waals surface area contributed by atoms with E-state index in [0.717, 1.165) is 23.4 Å². The molecule has 2 aliphatic heterocycles. The summed E-state index contributed by atoms with van der Waals surface area (Å²) >= 11 is 2.13. The molecule has 2 nitrogen and oxygen atoms in total. The van der Waals surface area contributed by atoms with Gasteiger partial charge < -0.3 is 5.32 Å². The van der Waals surface area contributed by atoms with E-state index in [-0.39, 0.29) is 0 Å². The van der Waals surface area contributed by atoms with Gasteiger partial charge in [-0.05, 0) is 31.4 Å². The van der Waals surface area contributed by atoms with Crippen molar-refractivity contribution in [3.05, 3.63) is 0 Å². The van der Waals surface area contributed by atoms with E-state index in [1.807, 2.05) is 0 Å². The van der Waals surface area contributed by atoms with Crippen molar-refractivity contribution in [3.63, 3.8) is 0 Å². The zero-order valence-electron chi connectivity index (χ0n) is 9.61. The Morgan fingerprint density at radius 2 is 2.07 bits per heavy atom. The molecule has 3 rings (SSSR count). The normalized spacial score (nSPS) is 42.6. The van der Waals surface area contributed by atoms with Gasteiger partial charge >= 0.3 is 0 Å². The van der Waals surface area contributed by atoms with Crippen LogP contribution in [0.4, 0.5) is 0 Å². The molecule has 2 saturated heterocycles. The molecule has 3 unspecified atom stereocenters. The second kappa shape index (κ2) is 4.27. The molecule has 0 bridgehead atoms. The molecule has 0 aromatic rings. The number of nitrogens with zero attached hydrogens (tertiary/aromatic N) is 1. The first-order valence-electron chi connectivity index (χ1n) is 6.44. The lowest BCUT2D eigenvalue weighted by molar-refractivity contribution is 0.311. The van der Waals surface area contributed by atoms with E-state index in [2.05, 4.69) is 28.9 Å². The first-order chi connectivity index (χ1) is 7.33. The molecule has 1 N–H and O–H groups in total. The summed E-state index contributed by atoms with van der Waals surface area (Å²) in [5.74, 6) is 1.36. The van der Waals surface area contributed by atoms with E-state index in [0.29, 0.717) is 0 Å². The molecule has 86 valence electrons. The monoisotopic (exact) mass is 226 g/mol. The Labute approximate surface area is 97.2 Å². The van der Waals surface area contributed by atoms with Crippen molar-refractivity contribution in [1.29, 1.82) is 0 Å². The summed E-state index contributed by atoms with van der Waals surface area (Å²) in [7, 11) is 0. The first-order valence-corrected chi connectivity index (χ1v) is 7.49. The van der Waals surface area contributed by atoms with Crippen molar-refractivity contribution in [2.45, 2.75) is 56.0 Å². The third-order valence-corrected chi connectivity index (χ3v) is 5.43. The molecule has 0 aromatic carbocycles. The maximum atomic E-state index is 3.88. The number of likely N-dealkylation sites (tertiary alicyclic amines) is 1. The standard InChI is InChI=1S/C12H22N2S/c1-9-12(5-7-15-9)13-10-4-6-14(8-10)11-2-3-11/h9-13H,2-8H2,1H3. The van der Waals surface area contributed by atoms with Gasteiger partial charge in [0.2, 0.25) is 0 Å². The molecule has 0 radical (unpaired) electrons. The summed E-state index contributed by atoms with van der Waals surface area (Å²) in [5, 5.41) is 4.71. The maximum absolute atomic E-state index is 3.88. The molecule has 3 atom stereocenters. The number of hydrogen-bond donors (Lipinski definition) is 1. The Morgan fingerprint density at radius 3 is 2.73 bits per heavy atom. The van der Waals surface area contributed by atoms with Gasteiger partial charge in [0.05, 0.1) is 0 Å². The highest BCUT2D eigenvalue weighted by Gasteiger charge is 2.35. The average molecular weight is 226 g/mol. The van der Waals surface area contributed by atoms with E-state index in [4.69, 9.17) is 0 Å². The van der Waals surface area contributed by atoms with Crippen LogP contribution in [0.2, 0.25) is 0 Å².